The van der Waals surface area contributed by atoms with Gasteiger partial charge in [-0.2, -0.15) is 0 Å². The standard InChI is InChI=1S/C20H42N2O/c1-3-5-7-9-11-13-20(12-10-8-6-4-2)21-14-15-22-16-18-23-19-17-22/h20-21H,3-19H2,1-2H3. The minimum atomic E-state index is 0.745. The van der Waals surface area contributed by atoms with E-state index in [4.69, 9.17) is 4.74 Å². The maximum atomic E-state index is 5.43. The first-order valence-corrected chi connectivity index (χ1v) is 10.4. The molecule has 1 N–H and O–H groups in total. The summed E-state index contributed by atoms with van der Waals surface area (Å²) in [5, 5.41) is 3.85. The predicted molar refractivity (Wildman–Crippen MR) is 101 cm³/mol. The second-order valence-electron chi connectivity index (χ2n) is 7.16. The lowest BCUT2D eigenvalue weighted by atomic mass is 10.0. The fourth-order valence-electron chi connectivity index (χ4n) is 3.41. The maximum Gasteiger partial charge on any atom is 0.0594 e. The van der Waals surface area contributed by atoms with Crippen LogP contribution in [0.25, 0.3) is 0 Å². The molecule has 0 spiro atoms. The number of hydrogen-bond donors (Lipinski definition) is 1. The van der Waals surface area contributed by atoms with Crippen LogP contribution in [-0.4, -0.2) is 50.3 Å². The van der Waals surface area contributed by atoms with Crippen LogP contribution in [0.15, 0.2) is 0 Å². The smallest absolute Gasteiger partial charge is 0.0594 e. The average Bonchev–Trinajstić information content (AvgIpc) is 2.59. The third-order valence-electron chi connectivity index (χ3n) is 5.03. The molecule has 138 valence electrons. The minimum absolute atomic E-state index is 0.745. The predicted octanol–water partition coefficient (Wildman–Crippen LogP) is 4.61. The van der Waals surface area contributed by atoms with Gasteiger partial charge >= 0.3 is 0 Å². The molecule has 0 aromatic heterocycles. The zero-order valence-corrected chi connectivity index (χ0v) is 16.0. The Balaban J connectivity index is 2.13. The van der Waals surface area contributed by atoms with Gasteiger partial charge in [-0.1, -0.05) is 71.6 Å². The number of nitrogens with one attached hydrogen (secondary N) is 1. The molecule has 3 nitrogen and oxygen atoms in total. The highest BCUT2D eigenvalue weighted by Gasteiger charge is 2.12. The van der Waals surface area contributed by atoms with E-state index in [-0.39, 0.29) is 0 Å². The summed E-state index contributed by atoms with van der Waals surface area (Å²) in [5.74, 6) is 0. The van der Waals surface area contributed by atoms with Crippen molar-refractivity contribution in [2.75, 3.05) is 39.4 Å². The Morgan fingerprint density at radius 3 is 2.00 bits per heavy atom. The summed E-state index contributed by atoms with van der Waals surface area (Å²) in [5.41, 5.74) is 0. The number of nitrogens with zero attached hydrogens (tertiary/aromatic N) is 1. The van der Waals surface area contributed by atoms with Crippen LogP contribution in [-0.2, 0) is 4.74 Å². The Morgan fingerprint density at radius 2 is 1.39 bits per heavy atom. The van der Waals surface area contributed by atoms with E-state index in [0.29, 0.717) is 0 Å². The van der Waals surface area contributed by atoms with Gasteiger partial charge in [0.15, 0.2) is 0 Å². The van der Waals surface area contributed by atoms with Crippen molar-refractivity contribution in [3.05, 3.63) is 0 Å². The number of unbranched alkanes of at least 4 members (excludes halogenated alkanes) is 7. The minimum Gasteiger partial charge on any atom is -0.379 e. The highest BCUT2D eigenvalue weighted by atomic mass is 16.5. The van der Waals surface area contributed by atoms with Gasteiger partial charge in [-0.25, -0.2) is 0 Å². The summed E-state index contributed by atoms with van der Waals surface area (Å²) in [6.07, 6.45) is 15.3. The van der Waals surface area contributed by atoms with E-state index in [2.05, 4.69) is 24.1 Å². The molecule has 0 radical (unpaired) electrons. The Hall–Kier alpha value is -0.120. The van der Waals surface area contributed by atoms with E-state index in [0.717, 1.165) is 38.9 Å². The van der Waals surface area contributed by atoms with Gasteiger partial charge < -0.3 is 10.1 Å². The number of hydrogen-bond acceptors (Lipinski definition) is 3. The quantitative estimate of drug-likeness (QED) is 0.445. The van der Waals surface area contributed by atoms with Crippen molar-refractivity contribution in [1.29, 1.82) is 0 Å². The van der Waals surface area contributed by atoms with E-state index in [1.54, 1.807) is 0 Å². The molecule has 0 amide bonds. The van der Waals surface area contributed by atoms with Crippen LogP contribution >= 0.6 is 0 Å². The summed E-state index contributed by atoms with van der Waals surface area (Å²) < 4.78 is 5.43. The monoisotopic (exact) mass is 326 g/mol. The van der Waals surface area contributed by atoms with Gasteiger partial charge in [0.25, 0.3) is 0 Å². The fraction of sp³-hybridized carbons (Fsp3) is 1.00. The van der Waals surface area contributed by atoms with Crippen molar-refractivity contribution in [3.63, 3.8) is 0 Å². The van der Waals surface area contributed by atoms with Gasteiger partial charge in [-0.3, -0.25) is 4.90 Å². The molecule has 1 saturated heterocycles. The molecule has 3 heteroatoms. The largest absolute Gasteiger partial charge is 0.379 e. The SMILES string of the molecule is CCCCCCCC(CCCCCC)NCCN1CCOCC1. The molecule has 1 aliphatic heterocycles. The van der Waals surface area contributed by atoms with E-state index in [1.165, 1.54) is 77.2 Å². The van der Waals surface area contributed by atoms with E-state index < -0.39 is 0 Å². The van der Waals surface area contributed by atoms with Crippen molar-refractivity contribution >= 4 is 0 Å². The van der Waals surface area contributed by atoms with Crippen molar-refractivity contribution in [3.8, 4) is 0 Å². The summed E-state index contributed by atoms with van der Waals surface area (Å²) in [4.78, 5) is 2.53. The lowest BCUT2D eigenvalue weighted by Crippen LogP contribution is -2.42. The second kappa shape index (κ2) is 15.4. The lowest BCUT2D eigenvalue weighted by Gasteiger charge is -2.28. The van der Waals surface area contributed by atoms with Crippen molar-refractivity contribution < 1.29 is 4.74 Å². The highest BCUT2D eigenvalue weighted by Crippen LogP contribution is 2.13. The zero-order valence-electron chi connectivity index (χ0n) is 16.0. The molecule has 23 heavy (non-hydrogen) atoms. The molecule has 1 heterocycles. The Kier molecular flexibility index (Phi) is 14.0. The lowest BCUT2D eigenvalue weighted by molar-refractivity contribution is 0.0380. The summed E-state index contributed by atoms with van der Waals surface area (Å²) in [6, 6.07) is 0.745. The Labute approximate surface area is 145 Å². The zero-order chi connectivity index (χ0) is 16.6. The molecule has 1 unspecified atom stereocenters. The van der Waals surface area contributed by atoms with Crippen molar-refractivity contribution in [2.24, 2.45) is 0 Å². The Morgan fingerprint density at radius 1 is 0.826 bits per heavy atom. The molecule has 0 aromatic rings. The van der Waals surface area contributed by atoms with Crippen LogP contribution in [0.2, 0.25) is 0 Å². The first-order chi connectivity index (χ1) is 11.4. The number of ether oxygens (including phenoxy) is 1. The van der Waals surface area contributed by atoms with Crippen LogP contribution in [0.3, 0.4) is 0 Å². The van der Waals surface area contributed by atoms with E-state index in [1.807, 2.05) is 0 Å². The summed E-state index contributed by atoms with van der Waals surface area (Å²) >= 11 is 0. The highest BCUT2D eigenvalue weighted by molar-refractivity contribution is 4.70. The van der Waals surface area contributed by atoms with Gasteiger partial charge in [0.2, 0.25) is 0 Å². The van der Waals surface area contributed by atoms with Crippen LogP contribution in [0.4, 0.5) is 0 Å². The van der Waals surface area contributed by atoms with Crippen molar-refractivity contribution in [1.82, 2.24) is 10.2 Å². The molecule has 1 aliphatic rings. The first-order valence-electron chi connectivity index (χ1n) is 10.4. The van der Waals surface area contributed by atoms with E-state index >= 15 is 0 Å². The average molecular weight is 327 g/mol. The van der Waals surface area contributed by atoms with Crippen LogP contribution in [0.1, 0.15) is 84.5 Å². The van der Waals surface area contributed by atoms with Gasteiger partial charge in [-0.05, 0) is 12.8 Å². The van der Waals surface area contributed by atoms with Crippen LogP contribution in [0, 0.1) is 0 Å². The van der Waals surface area contributed by atoms with Crippen molar-refractivity contribution in [2.45, 2.75) is 90.5 Å². The number of morpholine rings is 1. The van der Waals surface area contributed by atoms with Gasteiger partial charge in [0.1, 0.15) is 0 Å². The third-order valence-corrected chi connectivity index (χ3v) is 5.03. The topological polar surface area (TPSA) is 24.5 Å². The molecule has 0 bridgehead atoms. The van der Waals surface area contributed by atoms with Gasteiger partial charge in [0, 0.05) is 32.2 Å². The van der Waals surface area contributed by atoms with Crippen LogP contribution in [0.5, 0.6) is 0 Å². The van der Waals surface area contributed by atoms with E-state index in [9.17, 15) is 0 Å². The molecule has 1 rings (SSSR count). The fourth-order valence-corrected chi connectivity index (χ4v) is 3.41. The molecule has 1 fully saturated rings. The van der Waals surface area contributed by atoms with Crippen LogP contribution < -0.4 is 5.32 Å². The maximum absolute atomic E-state index is 5.43. The Bertz CT molecular complexity index is 242. The van der Waals surface area contributed by atoms with Gasteiger partial charge in [-0.15, -0.1) is 0 Å². The number of rotatable bonds is 15. The normalized spacial score (nSPS) is 17.5. The summed E-state index contributed by atoms with van der Waals surface area (Å²) in [7, 11) is 0. The molecule has 0 aromatic carbocycles. The molecule has 1 atom stereocenters. The molecule has 0 aliphatic carbocycles. The summed E-state index contributed by atoms with van der Waals surface area (Å²) in [6.45, 7) is 11.0. The molecular weight excluding hydrogens is 284 g/mol. The van der Waals surface area contributed by atoms with Gasteiger partial charge in [0.05, 0.1) is 13.2 Å². The first kappa shape index (κ1) is 20.9. The third kappa shape index (κ3) is 12.0. The second-order valence-corrected chi connectivity index (χ2v) is 7.16. The molecule has 0 saturated carbocycles. The molecular formula is C20H42N2O.